The molecule has 0 aliphatic heterocycles. The smallest absolute Gasteiger partial charge is 0.162 e. The van der Waals surface area contributed by atoms with Crippen molar-refractivity contribution in [1.82, 2.24) is 9.97 Å². The quantitative estimate of drug-likeness (QED) is 0.231. The van der Waals surface area contributed by atoms with E-state index in [4.69, 9.17) is 5.11 Å². The highest BCUT2D eigenvalue weighted by atomic mass is 16.4. The first-order valence-electron chi connectivity index (χ1n) is 8.95. The fourth-order valence-corrected chi connectivity index (χ4v) is 2.68. The van der Waals surface area contributed by atoms with Gasteiger partial charge in [0, 0.05) is 10.9 Å². The lowest BCUT2D eigenvalue weighted by Gasteiger charge is -2.23. The van der Waals surface area contributed by atoms with E-state index in [1.54, 1.807) is 0 Å². The van der Waals surface area contributed by atoms with E-state index in [0.29, 0.717) is 22.5 Å². The summed E-state index contributed by atoms with van der Waals surface area (Å²) in [5, 5.41) is 52.2. The van der Waals surface area contributed by atoms with E-state index in [1.165, 1.54) is 0 Å². The molecule has 4 atom stereocenters. The fourth-order valence-electron chi connectivity index (χ4n) is 2.68. The van der Waals surface area contributed by atoms with Crippen LogP contribution in [0, 0.1) is 0 Å². The van der Waals surface area contributed by atoms with Crippen LogP contribution in [-0.4, -0.2) is 72.7 Å². The molecule has 1 aromatic heterocycles. The average molecular weight is 398 g/mol. The molecule has 3 rings (SSSR count). The van der Waals surface area contributed by atoms with E-state index in [2.05, 4.69) is 20.5 Å². The molecular formula is C20H22N4O5. The molecule has 9 nitrogen and oxygen atoms in total. The minimum absolute atomic E-state index is 0.392. The van der Waals surface area contributed by atoms with Crippen LogP contribution >= 0.6 is 0 Å². The highest BCUT2D eigenvalue weighted by Crippen LogP contribution is 2.24. The second kappa shape index (κ2) is 9.50. The summed E-state index contributed by atoms with van der Waals surface area (Å²) >= 11 is 0. The zero-order valence-corrected chi connectivity index (χ0v) is 15.4. The highest BCUT2D eigenvalue weighted by molar-refractivity contribution is 5.90. The van der Waals surface area contributed by atoms with Crippen LogP contribution in [0.25, 0.3) is 22.3 Å². The van der Waals surface area contributed by atoms with Crippen molar-refractivity contribution in [2.75, 3.05) is 12.0 Å². The lowest BCUT2D eigenvalue weighted by Crippen LogP contribution is -2.46. The maximum absolute atomic E-state index is 9.93. The first kappa shape index (κ1) is 20.8. The molecule has 1 heterocycles. The van der Waals surface area contributed by atoms with Crippen molar-refractivity contribution in [2.45, 2.75) is 24.4 Å². The van der Waals surface area contributed by atoms with Gasteiger partial charge in [0.2, 0.25) is 0 Å². The molecular weight excluding hydrogens is 376 g/mol. The highest BCUT2D eigenvalue weighted by Gasteiger charge is 2.29. The van der Waals surface area contributed by atoms with E-state index >= 15 is 0 Å². The number of benzene rings is 2. The molecule has 2 aromatic carbocycles. The fraction of sp³-hybridized carbons (Fsp3) is 0.250. The van der Waals surface area contributed by atoms with E-state index < -0.39 is 31.0 Å². The van der Waals surface area contributed by atoms with Gasteiger partial charge in [-0.05, 0) is 12.1 Å². The lowest BCUT2D eigenvalue weighted by molar-refractivity contribution is -0.0999. The minimum atomic E-state index is -1.73. The van der Waals surface area contributed by atoms with Gasteiger partial charge in [-0.15, -0.1) is 0 Å². The summed E-state index contributed by atoms with van der Waals surface area (Å²) in [6.45, 7) is -0.754. The summed E-state index contributed by atoms with van der Waals surface area (Å²) in [6, 6.07) is 16.7. The summed E-state index contributed by atoms with van der Waals surface area (Å²) < 4.78 is 0. The number of para-hydroxylation sites is 1. The van der Waals surface area contributed by atoms with Crippen LogP contribution in [0.15, 0.2) is 59.7 Å². The number of hydrogen-bond acceptors (Lipinski definition) is 9. The van der Waals surface area contributed by atoms with Crippen LogP contribution < -0.4 is 5.43 Å². The Morgan fingerprint density at radius 1 is 0.897 bits per heavy atom. The second-order valence-corrected chi connectivity index (χ2v) is 6.39. The molecule has 0 aliphatic rings. The van der Waals surface area contributed by atoms with Crippen LogP contribution in [0.4, 0.5) is 5.82 Å². The zero-order valence-electron chi connectivity index (χ0n) is 15.4. The monoisotopic (exact) mass is 398 g/mol. The van der Waals surface area contributed by atoms with Crippen LogP contribution in [0.1, 0.15) is 0 Å². The van der Waals surface area contributed by atoms with Gasteiger partial charge < -0.3 is 25.5 Å². The van der Waals surface area contributed by atoms with Crippen molar-refractivity contribution in [3.63, 3.8) is 0 Å². The molecule has 0 amide bonds. The van der Waals surface area contributed by atoms with Gasteiger partial charge in [-0.25, -0.2) is 9.97 Å². The average Bonchev–Trinajstić information content (AvgIpc) is 2.77. The summed E-state index contributed by atoms with van der Waals surface area (Å²) in [7, 11) is 0. The number of aliphatic hydroxyl groups is 5. The molecule has 0 fully saturated rings. The number of nitrogens with one attached hydrogen (secondary N) is 1. The van der Waals surface area contributed by atoms with Crippen molar-refractivity contribution in [3.8, 4) is 11.4 Å². The third kappa shape index (κ3) is 4.91. The van der Waals surface area contributed by atoms with Crippen LogP contribution in [-0.2, 0) is 0 Å². The zero-order chi connectivity index (χ0) is 20.8. The Balaban J connectivity index is 1.83. The molecule has 9 heteroatoms. The molecule has 0 aliphatic carbocycles. The topological polar surface area (TPSA) is 151 Å². The molecule has 152 valence electrons. The lowest BCUT2D eigenvalue weighted by atomic mass is 10.0. The molecule has 0 saturated carbocycles. The Morgan fingerprint density at radius 2 is 1.59 bits per heavy atom. The van der Waals surface area contributed by atoms with Gasteiger partial charge in [0.05, 0.1) is 18.3 Å². The number of hydrogen-bond donors (Lipinski definition) is 6. The number of hydrazone groups is 1. The van der Waals surface area contributed by atoms with Gasteiger partial charge in [-0.3, -0.25) is 5.43 Å². The Hall–Kier alpha value is -2.95. The molecule has 0 saturated heterocycles. The van der Waals surface area contributed by atoms with Crippen molar-refractivity contribution < 1.29 is 25.5 Å². The van der Waals surface area contributed by atoms with Gasteiger partial charge in [-0.1, -0.05) is 42.5 Å². The van der Waals surface area contributed by atoms with Crippen LogP contribution in [0.2, 0.25) is 0 Å². The second-order valence-electron chi connectivity index (χ2n) is 6.39. The third-order valence-electron chi connectivity index (χ3n) is 4.31. The number of fused-ring (bicyclic) bond motifs is 1. The van der Waals surface area contributed by atoms with Crippen molar-refractivity contribution in [3.05, 3.63) is 54.6 Å². The number of anilines is 1. The molecule has 6 N–H and O–H groups in total. The van der Waals surface area contributed by atoms with Crippen LogP contribution in [0.3, 0.4) is 0 Å². The predicted molar refractivity (Wildman–Crippen MR) is 108 cm³/mol. The Bertz CT molecular complexity index is 970. The molecule has 3 aromatic rings. The van der Waals surface area contributed by atoms with Gasteiger partial charge in [0.1, 0.15) is 24.4 Å². The van der Waals surface area contributed by atoms with E-state index in [9.17, 15) is 20.4 Å². The molecule has 0 unspecified atom stereocenters. The number of aromatic nitrogens is 2. The number of rotatable bonds is 8. The maximum Gasteiger partial charge on any atom is 0.162 e. The standard InChI is InChI=1S/C20H22N4O5/c25-11-16(27)18(29)17(28)15(26)10-21-24-20-13-8-4-5-9-14(13)22-19(23-20)12-6-2-1-3-7-12/h1-10,15-18,25-29H,11H2,(H,22,23,24)/b21-10+/t15-,16+,17+,18-/m0/s1. The SMILES string of the molecule is OC[C@@H](O)[C@H](O)[C@H](O)[C@@H](O)/C=N/Nc1nc(-c2ccccc2)nc2ccccc12. The summed E-state index contributed by atoms with van der Waals surface area (Å²) in [5.74, 6) is 0.882. The molecule has 0 spiro atoms. The van der Waals surface area contributed by atoms with E-state index in [-0.39, 0.29) is 0 Å². The van der Waals surface area contributed by atoms with Crippen molar-refractivity contribution in [1.29, 1.82) is 0 Å². The number of aliphatic hydroxyl groups excluding tert-OH is 5. The first-order chi connectivity index (χ1) is 14.0. The number of nitrogens with zero attached hydrogens (tertiary/aromatic N) is 3. The Morgan fingerprint density at radius 3 is 2.31 bits per heavy atom. The van der Waals surface area contributed by atoms with Crippen molar-refractivity contribution in [2.24, 2.45) is 5.10 Å². The predicted octanol–water partition coefficient (Wildman–Crippen LogP) is 0.130. The molecule has 0 bridgehead atoms. The van der Waals surface area contributed by atoms with E-state index in [1.807, 2.05) is 54.6 Å². The van der Waals surface area contributed by atoms with Gasteiger partial charge in [-0.2, -0.15) is 5.10 Å². The normalized spacial score (nSPS) is 15.9. The summed E-state index contributed by atoms with van der Waals surface area (Å²) in [6.07, 6.45) is -5.66. The molecule has 0 radical (unpaired) electrons. The van der Waals surface area contributed by atoms with E-state index in [0.717, 1.165) is 11.8 Å². The van der Waals surface area contributed by atoms with Crippen LogP contribution in [0.5, 0.6) is 0 Å². The minimum Gasteiger partial charge on any atom is -0.394 e. The maximum atomic E-state index is 9.93. The van der Waals surface area contributed by atoms with Gasteiger partial charge in [0.15, 0.2) is 11.6 Å². The third-order valence-corrected chi connectivity index (χ3v) is 4.31. The largest absolute Gasteiger partial charge is 0.394 e. The Labute approximate surface area is 166 Å². The Kier molecular flexibility index (Phi) is 6.81. The summed E-state index contributed by atoms with van der Waals surface area (Å²) in [4.78, 5) is 9.04. The summed E-state index contributed by atoms with van der Waals surface area (Å²) in [5.41, 5.74) is 4.24. The van der Waals surface area contributed by atoms with Gasteiger partial charge in [0.25, 0.3) is 0 Å². The first-order valence-corrected chi connectivity index (χ1v) is 8.95. The van der Waals surface area contributed by atoms with Crippen molar-refractivity contribution >= 4 is 22.9 Å². The molecule has 29 heavy (non-hydrogen) atoms. The van der Waals surface area contributed by atoms with Gasteiger partial charge >= 0.3 is 0 Å².